The Hall–Kier alpha value is 0.480. The van der Waals surface area contributed by atoms with Gasteiger partial charge in [-0.2, -0.15) is 11.8 Å². The number of hydrogen-bond donors (Lipinski definition) is 1. The van der Waals surface area contributed by atoms with Crippen LogP contribution in [0.2, 0.25) is 0 Å². The molecular weight excluding hydrogens is 360 g/mol. The van der Waals surface area contributed by atoms with Crippen LogP contribution in [0.15, 0.2) is 4.47 Å². The van der Waals surface area contributed by atoms with E-state index in [4.69, 9.17) is 12.2 Å². The van der Waals surface area contributed by atoms with Crippen molar-refractivity contribution in [3.63, 3.8) is 0 Å². The average Bonchev–Trinajstić information content (AvgIpc) is 2.31. The number of nitrogens with one attached hydrogen (secondary N) is 1. The van der Waals surface area contributed by atoms with Gasteiger partial charge in [0.25, 0.3) is 0 Å². The molecule has 1 saturated heterocycles. The van der Waals surface area contributed by atoms with Crippen LogP contribution < -0.4 is 0 Å². The molecule has 19 heavy (non-hydrogen) atoms. The lowest BCUT2D eigenvalue weighted by Crippen LogP contribution is -2.22. The van der Waals surface area contributed by atoms with Gasteiger partial charge in [0.1, 0.15) is 10.5 Å². The second-order valence-corrected chi connectivity index (χ2v) is 9.65. The van der Waals surface area contributed by atoms with Gasteiger partial charge in [0.2, 0.25) is 0 Å². The molecule has 2 nitrogen and oxygen atoms in total. The van der Waals surface area contributed by atoms with Gasteiger partial charge in [-0.25, -0.2) is 4.98 Å². The van der Waals surface area contributed by atoms with Crippen molar-refractivity contribution in [3.05, 3.63) is 20.6 Å². The third kappa shape index (κ3) is 3.57. The Kier molecular flexibility index (Phi) is 5.07. The Morgan fingerprint density at radius 2 is 1.95 bits per heavy atom. The van der Waals surface area contributed by atoms with Gasteiger partial charge in [-0.15, -0.1) is 11.8 Å². The van der Waals surface area contributed by atoms with Crippen molar-refractivity contribution < 1.29 is 0 Å². The van der Waals surface area contributed by atoms with Crippen molar-refractivity contribution in [1.82, 2.24) is 9.97 Å². The predicted octanol–water partition coefficient (Wildman–Crippen LogP) is 5.11. The fourth-order valence-electron chi connectivity index (χ4n) is 2.06. The lowest BCUT2D eigenvalue weighted by atomic mass is 9.92. The number of thioether (sulfide) groups is 2. The molecule has 0 radical (unpaired) electrons. The molecule has 2 rings (SSSR count). The Labute approximate surface area is 137 Å². The van der Waals surface area contributed by atoms with Crippen LogP contribution in [0.4, 0.5) is 0 Å². The molecule has 1 fully saturated rings. The van der Waals surface area contributed by atoms with Crippen molar-refractivity contribution in [2.24, 2.45) is 0 Å². The molecule has 1 aromatic heterocycles. The number of aromatic amines is 1. The Balaban J connectivity index is 2.47. The smallest absolute Gasteiger partial charge is 0.144 e. The summed E-state index contributed by atoms with van der Waals surface area (Å²) in [5.41, 5.74) is 1.17. The van der Waals surface area contributed by atoms with Crippen molar-refractivity contribution in [3.8, 4) is 0 Å². The third-order valence-electron chi connectivity index (χ3n) is 3.09. The van der Waals surface area contributed by atoms with E-state index < -0.39 is 0 Å². The first-order chi connectivity index (χ1) is 8.80. The first kappa shape index (κ1) is 15.9. The zero-order chi connectivity index (χ0) is 14.2. The molecule has 0 amide bonds. The lowest BCUT2D eigenvalue weighted by Gasteiger charge is -2.29. The zero-order valence-electron chi connectivity index (χ0n) is 11.6. The first-order valence-corrected chi connectivity index (χ1v) is 9.64. The van der Waals surface area contributed by atoms with Gasteiger partial charge < -0.3 is 4.98 Å². The minimum atomic E-state index is 0.0276. The molecule has 2 unspecified atom stereocenters. The van der Waals surface area contributed by atoms with E-state index in [1.807, 2.05) is 23.5 Å². The number of aromatic nitrogens is 2. The summed E-state index contributed by atoms with van der Waals surface area (Å²) >= 11 is 13.0. The highest BCUT2D eigenvalue weighted by atomic mass is 79.9. The molecule has 2 heterocycles. The largest absolute Gasteiger partial charge is 0.345 e. The molecule has 1 aliphatic heterocycles. The van der Waals surface area contributed by atoms with E-state index >= 15 is 0 Å². The van der Waals surface area contributed by atoms with Crippen molar-refractivity contribution in [2.75, 3.05) is 11.5 Å². The van der Waals surface area contributed by atoms with Crippen LogP contribution in [0.1, 0.15) is 44.5 Å². The van der Waals surface area contributed by atoms with Crippen LogP contribution in [-0.2, 0) is 5.41 Å². The van der Waals surface area contributed by atoms with Crippen LogP contribution in [0.25, 0.3) is 0 Å². The van der Waals surface area contributed by atoms with Gasteiger partial charge in [0.05, 0.1) is 9.72 Å². The summed E-state index contributed by atoms with van der Waals surface area (Å²) in [6, 6.07) is 0. The van der Waals surface area contributed by atoms with Crippen LogP contribution in [-0.4, -0.2) is 26.7 Å². The van der Waals surface area contributed by atoms with Gasteiger partial charge in [-0.05, 0) is 15.9 Å². The summed E-state index contributed by atoms with van der Waals surface area (Å²) in [7, 11) is 0. The molecule has 0 aliphatic carbocycles. The average molecular weight is 379 g/mol. The van der Waals surface area contributed by atoms with E-state index in [1.54, 1.807) is 0 Å². The quantitative estimate of drug-likeness (QED) is 0.687. The fourth-order valence-corrected chi connectivity index (χ4v) is 5.76. The molecule has 106 valence electrons. The standard InChI is InChI=1S/C13H19BrN2S3/c1-7-9(19-6-5-18-7)11-15-10(13(2,3)4)8(14)12(17)16-11/h7,9H,5-6H2,1-4H3,(H,15,16,17). The van der Waals surface area contributed by atoms with E-state index in [9.17, 15) is 0 Å². The van der Waals surface area contributed by atoms with Crippen LogP contribution in [0, 0.1) is 4.64 Å². The Morgan fingerprint density at radius 3 is 2.53 bits per heavy atom. The molecule has 6 heteroatoms. The molecule has 0 bridgehead atoms. The van der Waals surface area contributed by atoms with Gasteiger partial charge in [0.15, 0.2) is 0 Å². The number of nitrogens with zero attached hydrogens (tertiary/aromatic N) is 1. The summed E-state index contributed by atoms with van der Waals surface area (Å²) in [6.07, 6.45) is 0. The highest BCUT2D eigenvalue weighted by Gasteiger charge is 2.28. The maximum atomic E-state index is 5.41. The highest BCUT2D eigenvalue weighted by molar-refractivity contribution is 9.10. The van der Waals surface area contributed by atoms with Crippen LogP contribution in [0.5, 0.6) is 0 Å². The van der Waals surface area contributed by atoms with E-state index in [0.717, 1.165) is 16.0 Å². The SMILES string of the molecule is CC1SCCSC1c1nc(=S)c(Br)c(C(C)(C)C)[nH]1. The number of rotatable bonds is 1. The van der Waals surface area contributed by atoms with Gasteiger partial charge >= 0.3 is 0 Å². The van der Waals surface area contributed by atoms with Crippen LogP contribution in [0.3, 0.4) is 0 Å². The second kappa shape index (κ2) is 6.08. The molecule has 0 spiro atoms. The van der Waals surface area contributed by atoms with E-state index in [2.05, 4.69) is 53.6 Å². The van der Waals surface area contributed by atoms with Gasteiger partial charge in [0, 0.05) is 27.9 Å². The molecule has 1 N–H and O–H groups in total. The molecule has 1 aliphatic rings. The summed E-state index contributed by atoms with van der Waals surface area (Å²) in [4.78, 5) is 8.13. The fraction of sp³-hybridized carbons (Fsp3) is 0.692. The number of H-pyrrole nitrogens is 1. The molecule has 1 aromatic rings. The van der Waals surface area contributed by atoms with Crippen molar-refractivity contribution in [1.29, 1.82) is 0 Å². The van der Waals surface area contributed by atoms with Crippen molar-refractivity contribution in [2.45, 2.75) is 43.6 Å². The maximum absolute atomic E-state index is 5.41. The Bertz CT molecular complexity index is 522. The lowest BCUT2D eigenvalue weighted by molar-refractivity contribution is 0.556. The molecule has 0 saturated carbocycles. The van der Waals surface area contributed by atoms with E-state index in [1.165, 1.54) is 11.5 Å². The minimum absolute atomic E-state index is 0.0276. The maximum Gasteiger partial charge on any atom is 0.144 e. The van der Waals surface area contributed by atoms with Gasteiger partial charge in [-0.3, -0.25) is 0 Å². The Morgan fingerprint density at radius 1 is 1.32 bits per heavy atom. The summed E-state index contributed by atoms with van der Waals surface area (Å²) < 4.78 is 1.60. The molecule has 2 atom stereocenters. The van der Waals surface area contributed by atoms with E-state index in [-0.39, 0.29) is 5.41 Å². The minimum Gasteiger partial charge on any atom is -0.345 e. The molecular formula is C13H19BrN2S3. The van der Waals surface area contributed by atoms with Crippen molar-refractivity contribution >= 4 is 51.7 Å². The molecule has 0 aromatic carbocycles. The van der Waals surface area contributed by atoms with E-state index in [0.29, 0.717) is 15.1 Å². The topological polar surface area (TPSA) is 28.7 Å². The zero-order valence-corrected chi connectivity index (χ0v) is 15.7. The summed E-state index contributed by atoms with van der Waals surface area (Å²) in [5, 5.41) is 0.987. The summed E-state index contributed by atoms with van der Waals surface area (Å²) in [5.74, 6) is 3.44. The normalized spacial score (nSPS) is 24.5. The monoisotopic (exact) mass is 378 g/mol. The van der Waals surface area contributed by atoms with Crippen LogP contribution >= 0.6 is 51.7 Å². The summed E-state index contributed by atoms with van der Waals surface area (Å²) in [6.45, 7) is 8.84. The predicted molar refractivity (Wildman–Crippen MR) is 92.9 cm³/mol. The third-order valence-corrected chi connectivity index (χ3v) is 7.52. The highest BCUT2D eigenvalue weighted by Crippen LogP contribution is 2.42. The first-order valence-electron chi connectivity index (χ1n) is 6.34. The number of halogens is 1. The second-order valence-electron chi connectivity index (χ2n) is 5.73. The number of hydrogen-bond acceptors (Lipinski definition) is 4. The van der Waals surface area contributed by atoms with Gasteiger partial charge in [-0.1, -0.05) is 39.9 Å².